The van der Waals surface area contributed by atoms with Crippen molar-refractivity contribution in [2.75, 3.05) is 6.54 Å². The Balaban J connectivity index is 2.04. The molecule has 0 aliphatic rings. The Labute approximate surface area is 109 Å². The van der Waals surface area contributed by atoms with Crippen molar-refractivity contribution in [2.45, 2.75) is 0 Å². The summed E-state index contributed by atoms with van der Waals surface area (Å²) in [5.74, 6) is 0.107. The molecule has 0 spiro atoms. The normalized spacial score (nSPS) is 10.9. The van der Waals surface area contributed by atoms with Crippen LogP contribution in [0, 0.1) is 0 Å². The van der Waals surface area contributed by atoms with Gasteiger partial charge in [0.1, 0.15) is 5.52 Å². The number of rotatable bonds is 4. The van der Waals surface area contributed by atoms with Crippen LogP contribution in [0.4, 0.5) is 0 Å². The molecular formula is C13H11ClN2O2. The van der Waals surface area contributed by atoms with E-state index in [0.717, 1.165) is 5.52 Å². The highest BCUT2D eigenvalue weighted by Crippen LogP contribution is 2.15. The number of oxazole rings is 1. The lowest BCUT2D eigenvalue weighted by Crippen LogP contribution is -2.21. The van der Waals surface area contributed by atoms with Crippen LogP contribution in [0.5, 0.6) is 0 Å². The molecule has 1 amide bonds. The predicted octanol–water partition coefficient (Wildman–Crippen LogP) is 2.71. The fourth-order valence-corrected chi connectivity index (χ4v) is 1.42. The summed E-state index contributed by atoms with van der Waals surface area (Å²) >= 11 is 5.53. The summed E-state index contributed by atoms with van der Waals surface area (Å²) in [5.41, 5.74) is 1.44. The van der Waals surface area contributed by atoms with Gasteiger partial charge in [-0.25, -0.2) is 4.98 Å². The predicted molar refractivity (Wildman–Crippen MR) is 71.0 cm³/mol. The van der Waals surface area contributed by atoms with Gasteiger partial charge in [0.25, 0.3) is 0 Å². The number of aromatic nitrogens is 1. The molecule has 1 aromatic carbocycles. The van der Waals surface area contributed by atoms with E-state index in [4.69, 9.17) is 16.0 Å². The molecule has 2 rings (SSSR count). The first-order valence-corrected chi connectivity index (χ1v) is 5.68. The van der Waals surface area contributed by atoms with E-state index < -0.39 is 0 Å². The van der Waals surface area contributed by atoms with Gasteiger partial charge in [0, 0.05) is 17.2 Å². The molecule has 0 aliphatic carbocycles. The monoisotopic (exact) mass is 262 g/mol. The standard InChI is InChI=1S/C13H11ClN2O2/c1-9(14)8-15-12(17)6-7-13-16-10-4-2-3-5-11(10)18-13/h2-7H,1,8H2,(H,15,17)/b7-6+. The summed E-state index contributed by atoms with van der Waals surface area (Å²) in [4.78, 5) is 15.6. The lowest BCUT2D eigenvalue weighted by Gasteiger charge is -1.97. The minimum atomic E-state index is -0.279. The number of nitrogens with one attached hydrogen (secondary N) is 1. The fourth-order valence-electron chi connectivity index (χ4n) is 1.35. The highest BCUT2D eigenvalue weighted by atomic mass is 35.5. The molecule has 1 N–H and O–H groups in total. The highest BCUT2D eigenvalue weighted by molar-refractivity contribution is 6.29. The molecule has 2 aromatic rings. The Kier molecular flexibility index (Phi) is 3.79. The zero-order valence-corrected chi connectivity index (χ0v) is 10.3. The van der Waals surface area contributed by atoms with Gasteiger partial charge in [-0.15, -0.1) is 0 Å². The molecule has 1 heterocycles. The highest BCUT2D eigenvalue weighted by Gasteiger charge is 2.02. The number of para-hydroxylation sites is 2. The molecule has 0 bridgehead atoms. The third-order valence-corrected chi connectivity index (χ3v) is 2.28. The second kappa shape index (κ2) is 5.51. The van der Waals surface area contributed by atoms with Crippen molar-refractivity contribution >= 4 is 34.7 Å². The first-order valence-electron chi connectivity index (χ1n) is 5.30. The molecule has 0 saturated carbocycles. The lowest BCUT2D eigenvalue weighted by atomic mass is 10.3. The third-order valence-electron chi connectivity index (χ3n) is 2.14. The van der Waals surface area contributed by atoms with Gasteiger partial charge in [-0.2, -0.15) is 0 Å². The van der Waals surface area contributed by atoms with Gasteiger partial charge < -0.3 is 9.73 Å². The van der Waals surface area contributed by atoms with Crippen LogP contribution in [0.2, 0.25) is 0 Å². The van der Waals surface area contributed by atoms with Gasteiger partial charge in [-0.1, -0.05) is 30.3 Å². The third kappa shape index (κ3) is 3.21. The van der Waals surface area contributed by atoms with Crippen LogP contribution in [0.25, 0.3) is 17.2 Å². The quantitative estimate of drug-likeness (QED) is 0.862. The lowest BCUT2D eigenvalue weighted by molar-refractivity contribution is -0.116. The Morgan fingerprint density at radius 1 is 1.50 bits per heavy atom. The SMILES string of the molecule is C=C(Cl)CNC(=O)/C=C/c1nc2ccccc2o1. The molecule has 1 aromatic heterocycles. The molecule has 5 heteroatoms. The minimum Gasteiger partial charge on any atom is -0.437 e. The minimum absolute atomic E-state index is 0.234. The largest absolute Gasteiger partial charge is 0.437 e. The van der Waals surface area contributed by atoms with Gasteiger partial charge in [0.2, 0.25) is 11.8 Å². The molecule has 0 radical (unpaired) electrons. The molecule has 0 fully saturated rings. The van der Waals surface area contributed by atoms with E-state index in [1.807, 2.05) is 24.3 Å². The van der Waals surface area contributed by atoms with Gasteiger partial charge in [0.15, 0.2) is 5.58 Å². The van der Waals surface area contributed by atoms with Gasteiger partial charge >= 0.3 is 0 Å². The van der Waals surface area contributed by atoms with Crippen molar-refractivity contribution < 1.29 is 9.21 Å². The number of benzene rings is 1. The Hall–Kier alpha value is -2.07. The van der Waals surface area contributed by atoms with Crippen molar-refractivity contribution in [2.24, 2.45) is 0 Å². The van der Waals surface area contributed by atoms with Crippen molar-refractivity contribution in [3.63, 3.8) is 0 Å². The van der Waals surface area contributed by atoms with E-state index in [1.165, 1.54) is 12.2 Å². The maximum Gasteiger partial charge on any atom is 0.244 e. The van der Waals surface area contributed by atoms with Crippen LogP contribution in [0.3, 0.4) is 0 Å². The molecule has 18 heavy (non-hydrogen) atoms. The van der Waals surface area contributed by atoms with Crippen LogP contribution in [-0.2, 0) is 4.79 Å². The molecular weight excluding hydrogens is 252 g/mol. The molecule has 92 valence electrons. The van der Waals surface area contributed by atoms with Crippen molar-refractivity contribution in [1.82, 2.24) is 10.3 Å². The van der Waals surface area contributed by atoms with Crippen molar-refractivity contribution in [3.05, 3.63) is 47.8 Å². The van der Waals surface area contributed by atoms with Gasteiger partial charge in [-0.05, 0) is 12.1 Å². The summed E-state index contributed by atoms with van der Waals surface area (Å²) in [7, 11) is 0. The summed E-state index contributed by atoms with van der Waals surface area (Å²) in [5, 5.41) is 2.93. The maximum atomic E-state index is 11.4. The van der Waals surface area contributed by atoms with Crippen molar-refractivity contribution in [3.8, 4) is 0 Å². The van der Waals surface area contributed by atoms with Crippen LogP contribution >= 0.6 is 11.6 Å². The number of amides is 1. The van der Waals surface area contributed by atoms with Crippen molar-refractivity contribution in [1.29, 1.82) is 0 Å². The number of hydrogen-bond donors (Lipinski definition) is 1. The Morgan fingerprint density at radius 2 is 2.28 bits per heavy atom. The zero-order chi connectivity index (χ0) is 13.0. The number of carbonyl (C=O) groups is 1. The number of nitrogens with zero attached hydrogens (tertiary/aromatic N) is 1. The maximum absolute atomic E-state index is 11.4. The summed E-state index contributed by atoms with van der Waals surface area (Å²) < 4.78 is 5.42. The van der Waals surface area contributed by atoms with E-state index in [9.17, 15) is 4.79 Å². The van der Waals surface area contributed by atoms with Crippen LogP contribution < -0.4 is 5.32 Å². The number of hydrogen-bond acceptors (Lipinski definition) is 3. The average Bonchev–Trinajstić information content (AvgIpc) is 2.76. The van der Waals surface area contributed by atoms with Gasteiger partial charge in [0.05, 0.1) is 6.54 Å². The second-order valence-corrected chi connectivity index (χ2v) is 4.12. The van der Waals surface area contributed by atoms with Crippen LogP contribution in [0.1, 0.15) is 5.89 Å². The number of carbonyl (C=O) groups excluding carboxylic acids is 1. The van der Waals surface area contributed by atoms with E-state index in [2.05, 4.69) is 16.9 Å². The van der Waals surface area contributed by atoms with E-state index in [1.54, 1.807) is 0 Å². The van der Waals surface area contributed by atoms with Crippen LogP contribution in [-0.4, -0.2) is 17.4 Å². The van der Waals surface area contributed by atoms with E-state index >= 15 is 0 Å². The Bertz CT molecular complexity index is 583. The smallest absolute Gasteiger partial charge is 0.244 e. The molecule has 0 unspecified atom stereocenters. The molecule has 0 saturated heterocycles. The van der Waals surface area contributed by atoms with E-state index in [-0.39, 0.29) is 12.5 Å². The topological polar surface area (TPSA) is 55.1 Å². The summed E-state index contributed by atoms with van der Waals surface area (Å²) in [6, 6.07) is 7.39. The first-order chi connectivity index (χ1) is 8.65. The second-order valence-electron chi connectivity index (χ2n) is 3.59. The molecule has 4 nitrogen and oxygen atoms in total. The zero-order valence-electron chi connectivity index (χ0n) is 9.52. The average molecular weight is 263 g/mol. The Morgan fingerprint density at radius 3 is 3.00 bits per heavy atom. The first kappa shape index (κ1) is 12.4. The number of halogens is 1. The number of fused-ring (bicyclic) bond motifs is 1. The molecule has 0 aliphatic heterocycles. The molecule has 0 atom stereocenters. The summed E-state index contributed by atoms with van der Waals surface area (Å²) in [6.45, 7) is 3.70. The van der Waals surface area contributed by atoms with Gasteiger partial charge in [-0.3, -0.25) is 4.79 Å². The summed E-state index contributed by atoms with van der Waals surface area (Å²) in [6.07, 6.45) is 2.84. The fraction of sp³-hybridized carbons (Fsp3) is 0.0769. The van der Waals surface area contributed by atoms with Crippen LogP contribution in [0.15, 0.2) is 46.4 Å². The van der Waals surface area contributed by atoms with E-state index in [0.29, 0.717) is 16.5 Å².